The van der Waals surface area contributed by atoms with Crippen LogP contribution in [0.15, 0.2) is 53.8 Å². The van der Waals surface area contributed by atoms with E-state index in [2.05, 4.69) is 26.2 Å². The molecule has 158 valence electrons. The molecule has 3 aromatic rings. The van der Waals surface area contributed by atoms with Gasteiger partial charge < -0.3 is 10.7 Å². The lowest BCUT2D eigenvalue weighted by Crippen LogP contribution is -2.40. The normalized spacial score (nSPS) is 14.4. The van der Waals surface area contributed by atoms with Gasteiger partial charge in [0, 0.05) is 11.8 Å². The number of hydrogen-bond acceptors (Lipinski definition) is 6. The van der Waals surface area contributed by atoms with Crippen LogP contribution in [0.1, 0.15) is 28.8 Å². The SMILES string of the molecule is Cc1ccc(N/N=C\C=N)c(C(=O)NC2(Cn3cc(-c4ccc(F)cc4)nn3)CC2)c1. The van der Waals surface area contributed by atoms with E-state index in [1.165, 1.54) is 18.3 Å². The molecule has 1 aliphatic rings. The number of nitrogens with one attached hydrogen (secondary N) is 3. The van der Waals surface area contributed by atoms with Crippen LogP contribution >= 0.6 is 0 Å². The average Bonchev–Trinajstić information content (AvgIpc) is 3.34. The van der Waals surface area contributed by atoms with Gasteiger partial charge in [-0.05, 0) is 56.2 Å². The van der Waals surface area contributed by atoms with Crippen molar-refractivity contribution in [1.82, 2.24) is 20.3 Å². The van der Waals surface area contributed by atoms with Gasteiger partial charge in [-0.3, -0.25) is 10.2 Å². The molecule has 0 spiro atoms. The number of rotatable bonds is 8. The Balaban J connectivity index is 1.47. The summed E-state index contributed by atoms with van der Waals surface area (Å²) in [6, 6.07) is 11.6. The molecule has 0 radical (unpaired) electrons. The lowest BCUT2D eigenvalue weighted by Gasteiger charge is -2.18. The molecular weight excluding hydrogens is 397 g/mol. The number of benzene rings is 2. The summed E-state index contributed by atoms with van der Waals surface area (Å²) in [5, 5.41) is 22.4. The number of anilines is 1. The first-order chi connectivity index (χ1) is 15.0. The van der Waals surface area contributed by atoms with Crippen LogP contribution in [0.3, 0.4) is 0 Å². The Morgan fingerprint density at radius 3 is 2.77 bits per heavy atom. The topological polar surface area (TPSA) is 108 Å². The van der Waals surface area contributed by atoms with Gasteiger partial charge in [0.15, 0.2) is 0 Å². The lowest BCUT2D eigenvalue weighted by molar-refractivity contribution is 0.0926. The van der Waals surface area contributed by atoms with Crippen molar-refractivity contribution < 1.29 is 9.18 Å². The molecular formula is C22H22FN7O. The average molecular weight is 419 g/mol. The van der Waals surface area contributed by atoms with E-state index in [1.54, 1.807) is 35.1 Å². The maximum atomic E-state index is 13.1. The second kappa shape index (κ2) is 8.47. The minimum absolute atomic E-state index is 0.201. The van der Waals surface area contributed by atoms with Crippen LogP contribution in [0.2, 0.25) is 0 Å². The van der Waals surface area contributed by atoms with Gasteiger partial charge in [-0.25, -0.2) is 9.07 Å². The molecule has 3 N–H and O–H groups in total. The molecule has 1 aliphatic carbocycles. The molecule has 4 rings (SSSR count). The number of amides is 1. The first-order valence-corrected chi connectivity index (χ1v) is 9.85. The van der Waals surface area contributed by atoms with Gasteiger partial charge in [-0.1, -0.05) is 16.8 Å². The second-order valence-electron chi connectivity index (χ2n) is 7.65. The number of hydrazone groups is 1. The molecule has 0 aliphatic heterocycles. The molecule has 1 amide bonds. The maximum absolute atomic E-state index is 13.1. The molecule has 0 atom stereocenters. The van der Waals surface area contributed by atoms with Crippen LogP contribution in [0.4, 0.5) is 10.1 Å². The van der Waals surface area contributed by atoms with Crippen molar-refractivity contribution in [1.29, 1.82) is 5.41 Å². The summed E-state index contributed by atoms with van der Waals surface area (Å²) in [6.45, 7) is 2.41. The molecule has 1 aromatic heterocycles. The van der Waals surface area contributed by atoms with Crippen molar-refractivity contribution in [2.75, 3.05) is 5.43 Å². The number of halogens is 1. The first kappa shape index (κ1) is 20.4. The standard InChI is InChI=1S/C22H22FN7O/c1-15-2-7-19(27-25-11-10-24)18(12-15)21(31)26-22(8-9-22)14-30-13-20(28-29-30)16-3-5-17(23)6-4-16/h2-7,10-13,24,27H,8-9,14H2,1H3,(H,26,31)/b24-10?,25-11-. The predicted octanol–water partition coefficient (Wildman–Crippen LogP) is 3.40. The smallest absolute Gasteiger partial charge is 0.253 e. The highest BCUT2D eigenvalue weighted by atomic mass is 19.1. The molecule has 0 unspecified atom stereocenters. The molecule has 1 heterocycles. The summed E-state index contributed by atoms with van der Waals surface area (Å²) < 4.78 is 14.8. The number of carbonyl (C=O) groups excluding carboxylic acids is 1. The third kappa shape index (κ3) is 4.82. The van der Waals surface area contributed by atoms with E-state index in [0.717, 1.165) is 30.2 Å². The van der Waals surface area contributed by atoms with Crippen molar-refractivity contribution in [2.45, 2.75) is 31.8 Å². The quantitative estimate of drug-likeness (QED) is 0.384. The monoisotopic (exact) mass is 419 g/mol. The lowest BCUT2D eigenvalue weighted by atomic mass is 10.1. The molecule has 1 saturated carbocycles. The van der Waals surface area contributed by atoms with Crippen LogP contribution in [0.25, 0.3) is 11.3 Å². The highest BCUT2D eigenvalue weighted by Gasteiger charge is 2.45. The Hall–Kier alpha value is -3.88. The molecule has 31 heavy (non-hydrogen) atoms. The zero-order valence-corrected chi connectivity index (χ0v) is 17.0. The van der Waals surface area contributed by atoms with Crippen LogP contribution in [0, 0.1) is 18.2 Å². The number of aromatic nitrogens is 3. The Morgan fingerprint density at radius 1 is 1.29 bits per heavy atom. The number of carbonyl (C=O) groups is 1. The Bertz CT molecular complexity index is 1130. The summed E-state index contributed by atoms with van der Waals surface area (Å²) in [6.07, 6.45) is 5.83. The summed E-state index contributed by atoms with van der Waals surface area (Å²) in [7, 11) is 0. The van der Waals surface area contributed by atoms with Gasteiger partial charge in [-0.15, -0.1) is 5.10 Å². The maximum Gasteiger partial charge on any atom is 0.253 e. The van der Waals surface area contributed by atoms with E-state index in [-0.39, 0.29) is 17.3 Å². The first-order valence-electron chi connectivity index (χ1n) is 9.85. The van der Waals surface area contributed by atoms with E-state index in [0.29, 0.717) is 23.5 Å². The summed E-state index contributed by atoms with van der Waals surface area (Å²) in [4.78, 5) is 13.0. The molecule has 2 aromatic carbocycles. The van der Waals surface area contributed by atoms with Crippen molar-refractivity contribution in [3.8, 4) is 11.3 Å². The highest BCUT2D eigenvalue weighted by molar-refractivity contribution is 6.14. The van der Waals surface area contributed by atoms with Crippen LogP contribution in [0.5, 0.6) is 0 Å². The fraction of sp³-hybridized carbons (Fsp3) is 0.227. The van der Waals surface area contributed by atoms with Gasteiger partial charge >= 0.3 is 0 Å². The molecule has 1 fully saturated rings. The third-order valence-electron chi connectivity index (χ3n) is 5.13. The second-order valence-corrected chi connectivity index (χ2v) is 7.65. The Kier molecular flexibility index (Phi) is 5.57. The largest absolute Gasteiger partial charge is 0.345 e. The van der Waals surface area contributed by atoms with Gasteiger partial charge in [0.1, 0.15) is 11.5 Å². The summed E-state index contributed by atoms with van der Waals surface area (Å²) >= 11 is 0. The highest BCUT2D eigenvalue weighted by Crippen LogP contribution is 2.37. The van der Waals surface area contributed by atoms with Gasteiger partial charge in [-0.2, -0.15) is 5.10 Å². The predicted molar refractivity (Wildman–Crippen MR) is 117 cm³/mol. The number of nitrogens with zero attached hydrogens (tertiary/aromatic N) is 4. The van der Waals surface area contributed by atoms with Crippen molar-refractivity contribution in [3.05, 3.63) is 65.6 Å². The van der Waals surface area contributed by atoms with Crippen molar-refractivity contribution >= 4 is 24.0 Å². The fourth-order valence-corrected chi connectivity index (χ4v) is 3.31. The minimum Gasteiger partial charge on any atom is -0.345 e. The minimum atomic E-state index is -0.385. The van der Waals surface area contributed by atoms with Crippen molar-refractivity contribution in [2.24, 2.45) is 5.10 Å². The van der Waals surface area contributed by atoms with Gasteiger partial charge in [0.25, 0.3) is 5.91 Å². The van der Waals surface area contributed by atoms with E-state index in [1.807, 2.05) is 13.0 Å². The van der Waals surface area contributed by atoms with Gasteiger partial charge in [0.05, 0.1) is 35.7 Å². The van der Waals surface area contributed by atoms with E-state index in [4.69, 9.17) is 5.41 Å². The molecule has 0 bridgehead atoms. The summed E-state index contributed by atoms with van der Waals surface area (Å²) in [5.41, 5.74) is 5.86. The van der Waals surface area contributed by atoms with E-state index < -0.39 is 0 Å². The van der Waals surface area contributed by atoms with Crippen molar-refractivity contribution in [3.63, 3.8) is 0 Å². The Labute approximate surface area is 178 Å². The molecule has 0 saturated heterocycles. The van der Waals surface area contributed by atoms with E-state index >= 15 is 0 Å². The van der Waals surface area contributed by atoms with Gasteiger partial charge in [0.2, 0.25) is 0 Å². The number of aryl methyl sites for hydroxylation is 1. The van der Waals surface area contributed by atoms with Crippen LogP contribution < -0.4 is 10.7 Å². The van der Waals surface area contributed by atoms with E-state index in [9.17, 15) is 9.18 Å². The van der Waals surface area contributed by atoms with Crippen LogP contribution in [-0.2, 0) is 6.54 Å². The zero-order chi connectivity index (χ0) is 21.8. The molecule has 8 nitrogen and oxygen atoms in total. The fourth-order valence-electron chi connectivity index (χ4n) is 3.31. The zero-order valence-electron chi connectivity index (χ0n) is 17.0. The molecule has 9 heteroatoms. The Morgan fingerprint density at radius 2 is 2.06 bits per heavy atom. The summed E-state index contributed by atoms with van der Waals surface area (Å²) in [5.74, 6) is -0.503. The number of hydrogen-bond donors (Lipinski definition) is 3. The third-order valence-corrected chi connectivity index (χ3v) is 5.13. The van der Waals surface area contributed by atoms with Crippen LogP contribution in [-0.4, -0.2) is 38.9 Å².